The summed E-state index contributed by atoms with van der Waals surface area (Å²) in [6.07, 6.45) is 2.17. The van der Waals surface area contributed by atoms with E-state index in [1.54, 1.807) is 11.3 Å². The van der Waals surface area contributed by atoms with E-state index in [9.17, 15) is 4.79 Å². The Labute approximate surface area is 159 Å². The average molecular weight is 454 g/mol. The molecule has 0 aromatic carbocycles. The van der Waals surface area contributed by atoms with E-state index in [4.69, 9.17) is 0 Å². The van der Waals surface area contributed by atoms with Crippen LogP contribution in [0.15, 0.2) is 4.99 Å². The molecule has 0 aliphatic rings. The Bertz CT molecular complexity index is 486. The lowest BCUT2D eigenvalue weighted by Crippen LogP contribution is -2.37. The van der Waals surface area contributed by atoms with Gasteiger partial charge in [-0.25, -0.2) is 9.98 Å². The van der Waals surface area contributed by atoms with Crippen molar-refractivity contribution in [3.63, 3.8) is 0 Å². The maximum atomic E-state index is 11.0. The molecule has 23 heavy (non-hydrogen) atoms. The minimum atomic E-state index is -0.157. The van der Waals surface area contributed by atoms with Gasteiger partial charge in [0.2, 0.25) is 0 Å². The predicted octanol–water partition coefficient (Wildman–Crippen LogP) is 2.78. The average Bonchev–Trinajstić information content (AvgIpc) is 2.82. The summed E-state index contributed by atoms with van der Waals surface area (Å²) < 4.78 is 4.61. The number of thiazole rings is 1. The van der Waals surface area contributed by atoms with Crippen LogP contribution in [0.25, 0.3) is 0 Å². The van der Waals surface area contributed by atoms with E-state index in [0.29, 0.717) is 13.0 Å². The van der Waals surface area contributed by atoms with Crippen LogP contribution in [0.1, 0.15) is 41.8 Å². The van der Waals surface area contributed by atoms with Crippen LogP contribution in [-0.4, -0.2) is 37.1 Å². The maximum Gasteiger partial charge on any atom is 0.305 e. The third-order valence-corrected chi connectivity index (χ3v) is 4.17. The highest BCUT2D eigenvalue weighted by Crippen LogP contribution is 2.16. The molecular weight excluding hydrogens is 427 g/mol. The lowest BCUT2D eigenvalue weighted by Gasteiger charge is -2.10. The van der Waals surface area contributed by atoms with Crippen LogP contribution in [-0.2, 0) is 16.1 Å². The van der Waals surface area contributed by atoms with Crippen LogP contribution in [0.5, 0.6) is 0 Å². The summed E-state index contributed by atoms with van der Waals surface area (Å²) in [5, 5.41) is 7.50. The summed E-state index contributed by atoms with van der Waals surface area (Å²) in [4.78, 5) is 21.3. The Morgan fingerprint density at radius 3 is 2.61 bits per heavy atom. The van der Waals surface area contributed by atoms with E-state index in [1.165, 1.54) is 12.0 Å². The highest BCUT2D eigenvalue weighted by atomic mass is 127. The standard InChI is InChI=1S/C15H26N4O2S.HI/c1-5-16-15(17-9-7-6-8-14(20)21-4)18-10-13-19-11(2)12(3)22-13;/h5-10H2,1-4H3,(H2,16,17,18);1H. The van der Waals surface area contributed by atoms with Gasteiger partial charge in [0.15, 0.2) is 5.96 Å². The maximum absolute atomic E-state index is 11.0. The number of carbonyl (C=O) groups is 1. The Balaban J connectivity index is 0.00000484. The number of aliphatic imine (C=N–C) groups is 1. The molecule has 1 rings (SSSR count). The number of rotatable bonds is 8. The molecule has 0 aliphatic carbocycles. The summed E-state index contributed by atoms with van der Waals surface area (Å²) in [7, 11) is 1.42. The molecule has 0 spiro atoms. The van der Waals surface area contributed by atoms with Crippen LogP contribution >= 0.6 is 35.3 Å². The number of aryl methyl sites for hydroxylation is 2. The molecule has 6 nitrogen and oxygen atoms in total. The number of aromatic nitrogens is 1. The van der Waals surface area contributed by atoms with Crippen molar-refractivity contribution in [2.45, 2.75) is 46.6 Å². The SMILES string of the molecule is CCNC(=NCc1nc(C)c(C)s1)NCCCCC(=O)OC.I. The Morgan fingerprint density at radius 2 is 2.04 bits per heavy atom. The van der Waals surface area contributed by atoms with Crippen LogP contribution in [0.4, 0.5) is 0 Å². The van der Waals surface area contributed by atoms with Gasteiger partial charge in [0.1, 0.15) is 5.01 Å². The van der Waals surface area contributed by atoms with Crippen molar-refractivity contribution in [3.05, 3.63) is 15.6 Å². The molecule has 8 heteroatoms. The monoisotopic (exact) mass is 454 g/mol. The van der Waals surface area contributed by atoms with Crippen molar-refractivity contribution in [3.8, 4) is 0 Å². The van der Waals surface area contributed by atoms with Gasteiger partial charge in [0.25, 0.3) is 0 Å². The van der Waals surface area contributed by atoms with Crippen molar-refractivity contribution in [1.82, 2.24) is 15.6 Å². The number of halogens is 1. The zero-order chi connectivity index (χ0) is 16.4. The van der Waals surface area contributed by atoms with Crippen LogP contribution in [0, 0.1) is 13.8 Å². The smallest absolute Gasteiger partial charge is 0.305 e. The summed E-state index contributed by atoms with van der Waals surface area (Å²) in [6, 6.07) is 0. The topological polar surface area (TPSA) is 75.6 Å². The number of esters is 1. The minimum absolute atomic E-state index is 0. The number of nitrogens with zero attached hydrogens (tertiary/aromatic N) is 2. The molecule has 1 aromatic rings. The summed E-state index contributed by atoms with van der Waals surface area (Å²) in [5.74, 6) is 0.626. The van der Waals surface area contributed by atoms with Gasteiger partial charge in [-0.3, -0.25) is 4.79 Å². The van der Waals surface area contributed by atoms with Gasteiger partial charge in [0.05, 0.1) is 19.3 Å². The number of carbonyl (C=O) groups excluding carboxylic acids is 1. The van der Waals surface area contributed by atoms with Crippen molar-refractivity contribution in [1.29, 1.82) is 0 Å². The second-order valence-electron chi connectivity index (χ2n) is 4.90. The molecule has 0 atom stereocenters. The fourth-order valence-electron chi connectivity index (χ4n) is 1.80. The van der Waals surface area contributed by atoms with Gasteiger partial charge in [0, 0.05) is 24.4 Å². The molecule has 1 aromatic heterocycles. The molecule has 2 N–H and O–H groups in total. The Morgan fingerprint density at radius 1 is 1.30 bits per heavy atom. The number of ether oxygens (including phenoxy) is 1. The summed E-state index contributed by atoms with van der Waals surface area (Å²) >= 11 is 1.69. The summed E-state index contributed by atoms with van der Waals surface area (Å²) in [6.45, 7) is 8.29. The highest BCUT2D eigenvalue weighted by molar-refractivity contribution is 14.0. The second-order valence-corrected chi connectivity index (χ2v) is 6.19. The normalized spacial score (nSPS) is 10.9. The van der Waals surface area contributed by atoms with E-state index >= 15 is 0 Å². The highest BCUT2D eigenvalue weighted by Gasteiger charge is 2.04. The zero-order valence-electron chi connectivity index (χ0n) is 14.3. The fraction of sp³-hybridized carbons (Fsp3) is 0.667. The van der Waals surface area contributed by atoms with Gasteiger partial charge < -0.3 is 15.4 Å². The molecule has 0 fully saturated rings. The predicted molar refractivity (Wildman–Crippen MR) is 106 cm³/mol. The first-order valence-corrected chi connectivity index (χ1v) is 8.40. The van der Waals surface area contributed by atoms with Gasteiger partial charge in [-0.15, -0.1) is 35.3 Å². The number of methoxy groups -OCH3 is 1. The molecule has 0 saturated carbocycles. The first-order chi connectivity index (χ1) is 10.6. The van der Waals surface area contributed by atoms with E-state index < -0.39 is 0 Å². The first kappa shape index (κ1) is 22.1. The van der Waals surface area contributed by atoms with Crippen molar-refractivity contribution in [2.75, 3.05) is 20.2 Å². The van der Waals surface area contributed by atoms with E-state index in [1.807, 2.05) is 13.8 Å². The molecule has 132 valence electrons. The molecule has 0 saturated heterocycles. The van der Waals surface area contributed by atoms with E-state index in [0.717, 1.165) is 42.6 Å². The van der Waals surface area contributed by atoms with Crippen molar-refractivity contribution >= 4 is 47.2 Å². The van der Waals surface area contributed by atoms with Crippen LogP contribution in [0.3, 0.4) is 0 Å². The molecule has 0 amide bonds. The number of guanidine groups is 1. The molecular formula is C15H27IN4O2S. The number of hydrogen-bond donors (Lipinski definition) is 2. The number of unbranched alkanes of at least 4 members (excludes halogenated alkanes) is 1. The van der Waals surface area contributed by atoms with Crippen LogP contribution in [0.2, 0.25) is 0 Å². The van der Waals surface area contributed by atoms with Crippen molar-refractivity contribution in [2.24, 2.45) is 4.99 Å². The molecule has 0 aliphatic heterocycles. The third-order valence-electron chi connectivity index (χ3n) is 3.12. The quantitative estimate of drug-likeness (QED) is 0.208. The number of nitrogens with one attached hydrogen (secondary N) is 2. The lowest BCUT2D eigenvalue weighted by molar-refractivity contribution is -0.140. The van der Waals surface area contributed by atoms with Crippen molar-refractivity contribution < 1.29 is 9.53 Å². The van der Waals surface area contributed by atoms with Crippen LogP contribution < -0.4 is 10.6 Å². The fourth-order valence-corrected chi connectivity index (χ4v) is 2.66. The van der Waals surface area contributed by atoms with Gasteiger partial charge in [-0.2, -0.15) is 0 Å². The van der Waals surface area contributed by atoms with Gasteiger partial charge in [-0.1, -0.05) is 0 Å². The first-order valence-electron chi connectivity index (χ1n) is 7.58. The lowest BCUT2D eigenvalue weighted by atomic mass is 10.2. The molecule has 0 unspecified atom stereocenters. The molecule has 0 radical (unpaired) electrons. The Hall–Kier alpha value is -0.900. The van der Waals surface area contributed by atoms with E-state index in [2.05, 4.69) is 32.3 Å². The van der Waals surface area contributed by atoms with Gasteiger partial charge >= 0.3 is 5.97 Å². The Kier molecular flexibility index (Phi) is 12.0. The zero-order valence-corrected chi connectivity index (χ0v) is 17.4. The molecule has 0 bridgehead atoms. The second kappa shape index (κ2) is 12.5. The molecule has 1 heterocycles. The van der Waals surface area contributed by atoms with E-state index in [-0.39, 0.29) is 29.9 Å². The summed E-state index contributed by atoms with van der Waals surface area (Å²) in [5.41, 5.74) is 1.08. The third kappa shape index (κ3) is 9.09. The van der Waals surface area contributed by atoms with Gasteiger partial charge in [-0.05, 0) is 33.6 Å². The largest absolute Gasteiger partial charge is 0.469 e. The number of hydrogen-bond acceptors (Lipinski definition) is 5. The minimum Gasteiger partial charge on any atom is -0.469 e.